The lowest BCUT2D eigenvalue weighted by molar-refractivity contribution is 0.487. The van der Waals surface area contributed by atoms with Crippen molar-refractivity contribution in [3.8, 4) is 6.07 Å². The summed E-state index contributed by atoms with van der Waals surface area (Å²) in [5.41, 5.74) is -1.05. The van der Waals surface area contributed by atoms with Crippen LogP contribution in [-0.2, 0) is 6.54 Å². The Labute approximate surface area is 109 Å². The first-order valence-electron chi connectivity index (χ1n) is 5.89. The van der Waals surface area contributed by atoms with Gasteiger partial charge in [0.05, 0.1) is 0 Å². The Balaban J connectivity index is 2.37. The van der Waals surface area contributed by atoms with Crippen molar-refractivity contribution in [3.05, 3.63) is 32.6 Å². The Hall–Kier alpha value is -1.48. The van der Waals surface area contributed by atoms with Gasteiger partial charge in [-0.1, -0.05) is 12.8 Å². The van der Waals surface area contributed by atoms with Crippen molar-refractivity contribution >= 4 is 11.8 Å². The van der Waals surface area contributed by atoms with Crippen molar-refractivity contribution in [1.82, 2.24) is 9.55 Å². The highest BCUT2D eigenvalue weighted by molar-refractivity contribution is 8.00. The highest BCUT2D eigenvalue weighted by atomic mass is 32.2. The minimum Gasteiger partial charge on any atom is -0.298 e. The summed E-state index contributed by atoms with van der Waals surface area (Å²) < 4.78 is 1.52. The molecule has 18 heavy (non-hydrogen) atoms. The van der Waals surface area contributed by atoms with Crippen LogP contribution in [0, 0.1) is 11.3 Å². The minimum absolute atomic E-state index is 0.0103. The van der Waals surface area contributed by atoms with Gasteiger partial charge in [-0.25, -0.2) is 4.79 Å². The Morgan fingerprint density at radius 3 is 2.72 bits per heavy atom. The molecule has 1 saturated carbocycles. The predicted octanol–water partition coefficient (Wildman–Crippen LogP) is 1.08. The summed E-state index contributed by atoms with van der Waals surface area (Å²) in [4.78, 5) is 25.2. The molecule has 1 heterocycles. The fourth-order valence-corrected chi connectivity index (χ4v) is 3.43. The first-order chi connectivity index (χ1) is 8.60. The largest absolute Gasteiger partial charge is 0.328 e. The average Bonchev–Trinajstić information content (AvgIpc) is 2.82. The highest BCUT2D eigenvalue weighted by Crippen LogP contribution is 2.41. The normalized spacial score (nSPS) is 17.6. The molecule has 0 bridgehead atoms. The van der Waals surface area contributed by atoms with E-state index in [9.17, 15) is 9.59 Å². The summed E-state index contributed by atoms with van der Waals surface area (Å²) in [5.74, 6) is 0. The summed E-state index contributed by atoms with van der Waals surface area (Å²) in [7, 11) is 0. The fourth-order valence-electron chi connectivity index (χ4n) is 2.46. The van der Waals surface area contributed by atoms with Gasteiger partial charge < -0.3 is 0 Å². The van der Waals surface area contributed by atoms with Gasteiger partial charge in [-0.3, -0.25) is 14.3 Å². The van der Waals surface area contributed by atoms with E-state index in [-0.39, 0.29) is 10.3 Å². The molecule has 0 aliphatic heterocycles. The molecule has 5 nitrogen and oxygen atoms in total. The highest BCUT2D eigenvalue weighted by Gasteiger charge is 2.33. The summed E-state index contributed by atoms with van der Waals surface area (Å²) in [6.45, 7) is 0.554. The van der Waals surface area contributed by atoms with E-state index in [1.165, 1.54) is 23.6 Å². The molecule has 0 radical (unpaired) electrons. The van der Waals surface area contributed by atoms with E-state index in [0.717, 1.165) is 12.8 Å². The number of nitrogens with zero attached hydrogens (tertiary/aromatic N) is 2. The van der Waals surface area contributed by atoms with E-state index in [4.69, 9.17) is 5.26 Å². The van der Waals surface area contributed by atoms with Crippen molar-refractivity contribution in [3.63, 3.8) is 0 Å². The summed E-state index contributed by atoms with van der Waals surface area (Å²) in [6, 6.07) is 1.81. The van der Waals surface area contributed by atoms with Gasteiger partial charge in [-0.2, -0.15) is 17.0 Å². The summed E-state index contributed by atoms with van der Waals surface area (Å²) in [5, 5.41) is 8.83. The van der Waals surface area contributed by atoms with Crippen LogP contribution in [0.2, 0.25) is 0 Å². The second kappa shape index (κ2) is 5.02. The number of thioether (sulfide) groups is 1. The second-order valence-electron chi connectivity index (χ2n) is 4.64. The topological polar surface area (TPSA) is 78.7 Å². The molecule has 1 fully saturated rings. The standard InChI is InChI=1S/C12H15N3O2S/c1-18-12(4-2-3-5-12)8-15-7-9(6-13)10(16)14-11(15)17/h7H,2-5,8H2,1H3,(H,14,16,17). The van der Waals surface area contributed by atoms with Crippen molar-refractivity contribution in [2.75, 3.05) is 6.26 Å². The van der Waals surface area contributed by atoms with Gasteiger partial charge in [0.15, 0.2) is 0 Å². The maximum Gasteiger partial charge on any atom is 0.328 e. The van der Waals surface area contributed by atoms with Crippen molar-refractivity contribution in [2.45, 2.75) is 37.0 Å². The third-order valence-corrected chi connectivity index (χ3v) is 4.94. The maximum absolute atomic E-state index is 11.7. The molecule has 0 saturated heterocycles. The van der Waals surface area contributed by atoms with Crippen molar-refractivity contribution in [1.29, 1.82) is 5.26 Å². The molecule has 0 unspecified atom stereocenters. The molecule has 1 aromatic rings. The van der Waals surface area contributed by atoms with E-state index in [1.54, 1.807) is 11.8 Å². The van der Waals surface area contributed by atoms with E-state index in [1.807, 2.05) is 12.3 Å². The number of H-pyrrole nitrogens is 1. The Kier molecular flexibility index (Phi) is 3.62. The number of rotatable bonds is 3. The van der Waals surface area contributed by atoms with Crippen LogP contribution in [0.25, 0.3) is 0 Å². The quantitative estimate of drug-likeness (QED) is 0.887. The maximum atomic E-state index is 11.7. The molecule has 6 heteroatoms. The third kappa shape index (κ3) is 2.36. The number of nitrogens with one attached hydrogen (secondary N) is 1. The van der Waals surface area contributed by atoms with E-state index < -0.39 is 11.2 Å². The molecule has 0 aromatic carbocycles. The Morgan fingerprint density at radius 2 is 2.17 bits per heavy atom. The lowest BCUT2D eigenvalue weighted by Gasteiger charge is -2.27. The number of nitriles is 1. The third-order valence-electron chi connectivity index (χ3n) is 3.54. The average molecular weight is 265 g/mol. The molecule has 1 aromatic heterocycles. The van der Waals surface area contributed by atoms with Crippen LogP contribution in [0.5, 0.6) is 0 Å². The number of hydrogen-bond donors (Lipinski definition) is 1. The number of aromatic nitrogens is 2. The van der Waals surface area contributed by atoms with Crippen LogP contribution in [0.1, 0.15) is 31.2 Å². The van der Waals surface area contributed by atoms with E-state index in [2.05, 4.69) is 4.98 Å². The van der Waals surface area contributed by atoms with E-state index >= 15 is 0 Å². The van der Waals surface area contributed by atoms with Crippen molar-refractivity contribution in [2.24, 2.45) is 0 Å². The lowest BCUT2D eigenvalue weighted by Crippen LogP contribution is -2.37. The van der Waals surface area contributed by atoms with E-state index in [0.29, 0.717) is 6.54 Å². The molecule has 1 aliphatic carbocycles. The van der Waals surface area contributed by atoms with Crippen LogP contribution in [-0.4, -0.2) is 20.6 Å². The molecule has 96 valence electrons. The van der Waals surface area contributed by atoms with Gasteiger partial charge in [0.2, 0.25) is 0 Å². The zero-order valence-corrected chi connectivity index (χ0v) is 11.0. The van der Waals surface area contributed by atoms with Crippen molar-refractivity contribution < 1.29 is 0 Å². The molecular weight excluding hydrogens is 250 g/mol. The summed E-state index contributed by atoms with van der Waals surface area (Å²) >= 11 is 1.77. The first-order valence-corrected chi connectivity index (χ1v) is 7.12. The lowest BCUT2D eigenvalue weighted by atomic mass is 10.1. The molecular formula is C12H15N3O2S. The van der Waals surface area contributed by atoms with Gasteiger partial charge in [-0.05, 0) is 19.1 Å². The molecule has 1 N–H and O–H groups in total. The Bertz CT molecular complexity index is 591. The molecule has 0 amide bonds. The second-order valence-corrected chi connectivity index (χ2v) is 5.91. The smallest absolute Gasteiger partial charge is 0.298 e. The van der Waals surface area contributed by atoms with Crippen LogP contribution in [0.15, 0.2) is 15.8 Å². The van der Waals surface area contributed by atoms with Crippen LogP contribution >= 0.6 is 11.8 Å². The molecule has 0 atom stereocenters. The minimum atomic E-state index is -0.608. The molecule has 0 spiro atoms. The first kappa shape index (κ1) is 13.0. The van der Waals surface area contributed by atoms with Gasteiger partial charge in [0.1, 0.15) is 11.6 Å². The van der Waals surface area contributed by atoms with Gasteiger partial charge >= 0.3 is 5.69 Å². The number of aromatic amines is 1. The molecule has 1 aliphatic rings. The van der Waals surface area contributed by atoms with Gasteiger partial charge in [0.25, 0.3) is 5.56 Å². The SMILES string of the molecule is CSC1(Cn2cc(C#N)c(=O)[nH]c2=O)CCCC1. The zero-order valence-electron chi connectivity index (χ0n) is 10.2. The predicted molar refractivity (Wildman–Crippen MR) is 70.8 cm³/mol. The molecule has 2 rings (SSSR count). The fraction of sp³-hybridized carbons (Fsp3) is 0.583. The van der Waals surface area contributed by atoms with Crippen LogP contribution < -0.4 is 11.2 Å². The zero-order chi connectivity index (χ0) is 13.2. The van der Waals surface area contributed by atoms with Gasteiger partial charge in [0, 0.05) is 17.5 Å². The van der Waals surface area contributed by atoms with Crippen LogP contribution in [0.4, 0.5) is 0 Å². The summed E-state index contributed by atoms with van der Waals surface area (Å²) in [6.07, 6.45) is 7.90. The van der Waals surface area contributed by atoms with Crippen LogP contribution in [0.3, 0.4) is 0 Å². The van der Waals surface area contributed by atoms with Gasteiger partial charge in [-0.15, -0.1) is 0 Å². The monoisotopic (exact) mass is 265 g/mol. The Morgan fingerprint density at radius 1 is 1.50 bits per heavy atom. The number of hydrogen-bond acceptors (Lipinski definition) is 4.